The Morgan fingerprint density at radius 3 is 0.658 bits per heavy atom. The van der Waals surface area contributed by atoms with Gasteiger partial charge in [-0.25, -0.2) is 0 Å². The first-order valence-corrected chi connectivity index (χ1v) is 34.7. The molecule has 0 aromatic carbocycles. The van der Waals surface area contributed by atoms with Crippen molar-refractivity contribution in [1.29, 1.82) is 0 Å². The van der Waals surface area contributed by atoms with Crippen molar-refractivity contribution < 1.29 is 28.6 Å². The van der Waals surface area contributed by atoms with E-state index >= 15 is 0 Å². The summed E-state index contributed by atoms with van der Waals surface area (Å²) in [5, 5.41) is 0. The Balaban J connectivity index is 4.09. The van der Waals surface area contributed by atoms with Gasteiger partial charge in [-0.2, -0.15) is 0 Å². The van der Waals surface area contributed by atoms with Gasteiger partial charge in [-0.3, -0.25) is 14.4 Å². The fourth-order valence-electron chi connectivity index (χ4n) is 10.8. The first-order chi connectivity index (χ1) is 37.5. The Bertz CT molecular complexity index is 1180. The van der Waals surface area contributed by atoms with Crippen LogP contribution in [0.1, 0.15) is 400 Å². The Morgan fingerprint density at radius 1 is 0.250 bits per heavy atom. The van der Waals surface area contributed by atoms with Crippen LogP contribution in [-0.4, -0.2) is 37.2 Å². The summed E-state index contributed by atoms with van der Waals surface area (Å²) >= 11 is 0. The molecule has 0 radical (unpaired) electrons. The molecule has 0 aromatic rings. The zero-order valence-electron chi connectivity index (χ0n) is 51.8. The van der Waals surface area contributed by atoms with Crippen molar-refractivity contribution in [2.45, 2.75) is 406 Å². The van der Waals surface area contributed by atoms with E-state index in [0.717, 1.165) is 57.8 Å². The van der Waals surface area contributed by atoms with Crippen molar-refractivity contribution in [2.24, 2.45) is 0 Å². The molecule has 450 valence electrons. The minimum atomic E-state index is -0.766. The molecular weight excluding hydrogens is 937 g/mol. The van der Waals surface area contributed by atoms with Gasteiger partial charge in [-0.05, 0) is 44.9 Å². The largest absolute Gasteiger partial charge is 0.462 e. The fraction of sp³-hybridized carbons (Fsp3) is 0.929. The molecular formula is C70H134O6. The number of carbonyl (C=O) groups excluding carboxylic acids is 3. The molecule has 0 fully saturated rings. The second-order valence-electron chi connectivity index (χ2n) is 23.8. The van der Waals surface area contributed by atoms with Crippen LogP contribution >= 0.6 is 0 Å². The standard InChI is InChI=1S/C70H134O6/c1-4-7-10-13-16-19-22-24-26-28-30-31-32-33-34-35-36-37-38-39-41-42-44-46-48-51-54-57-60-63-69(72)75-66-67(65-74-68(71)62-59-56-53-50-21-18-15-12-9-6-3)76-70(73)64-61-58-55-52-49-47-45-43-40-29-27-25-23-20-17-14-11-8-5-2/h25,27,67H,4-24,26,28-66H2,1-3H3/b27-25-. The van der Waals surface area contributed by atoms with Gasteiger partial charge in [-0.15, -0.1) is 0 Å². The average molecular weight is 1070 g/mol. The van der Waals surface area contributed by atoms with E-state index in [1.807, 2.05) is 0 Å². The Kier molecular flexibility index (Phi) is 64.1. The monoisotopic (exact) mass is 1070 g/mol. The lowest BCUT2D eigenvalue weighted by Gasteiger charge is -2.18. The van der Waals surface area contributed by atoms with Gasteiger partial charge in [0.2, 0.25) is 0 Å². The highest BCUT2D eigenvalue weighted by Gasteiger charge is 2.19. The summed E-state index contributed by atoms with van der Waals surface area (Å²) in [6.07, 6.45) is 78.3. The molecule has 6 heteroatoms. The predicted octanol–water partition coefficient (Wildman–Crippen LogP) is 23.6. The van der Waals surface area contributed by atoms with Gasteiger partial charge in [0.25, 0.3) is 0 Å². The number of carbonyl (C=O) groups is 3. The van der Waals surface area contributed by atoms with Gasteiger partial charge >= 0.3 is 17.9 Å². The summed E-state index contributed by atoms with van der Waals surface area (Å²) in [5.74, 6) is -0.837. The molecule has 1 unspecified atom stereocenters. The van der Waals surface area contributed by atoms with E-state index in [1.54, 1.807) is 0 Å². The lowest BCUT2D eigenvalue weighted by atomic mass is 10.0. The maximum atomic E-state index is 12.9. The molecule has 6 nitrogen and oxygen atoms in total. The van der Waals surface area contributed by atoms with Crippen molar-refractivity contribution in [3.63, 3.8) is 0 Å². The maximum absolute atomic E-state index is 12.9. The van der Waals surface area contributed by atoms with Crippen LogP contribution < -0.4 is 0 Å². The van der Waals surface area contributed by atoms with E-state index in [0.29, 0.717) is 19.3 Å². The minimum absolute atomic E-state index is 0.0643. The second kappa shape index (κ2) is 65.7. The molecule has 1 atom stereocenters. The first-order valence-electron chi connectivity index (χ1n) is 34.7. The summed E-state index contributed by atoms with van der Waals surface area (Å²) in [5.41, 5.74) is 0. The second-order valence-corrected chi connectivity index (χ2v) is 23.8. The number of hydrogen-bond donors (Lipinski definition) is 0. The van der Waals surface area contributed by atoms with Crippen molar-refractivity contribution in [1.82, 2.24) is 0 Å². The molecule has 0 bridgehead atoms. The Labute approximate surface area is 475 Å². The smallest absolute Gasteiger partial charge is 0.306 e. The lowest BCUT2D eigenvalue weighted by Crippen LogP contribution is -2.30. The zero-order valence-corrected chi connectivity index (χ0v) is 51.8. The van der Waals surface area contributed by atoms with Crippen molar-refractivity contribution >= 4 is 17.9 Å². The van der Waals surface area contributed by atoms with E-state index in [1.165, 1.54) is 302 Å². The zero-order chi connectivity index (χ0) is 55.0. The summed E-state index contributed by atoms with van der Waals surface area (Å²) in [7, 11) is 0. The van der Waals surface area contributed by atoms with Crippen LogP contribution in [0.2, 0.25) is 0 Å². The molecule has 0 aliphatic carbocycles. The molecule has 0 N–H and O–H groups in total. The number of rotatable bonds is 65. The molecule has 0 spiro atoms. The minimum Gasteiger partial charge on any atom is -0.462 e. The molecule has 0 saturated heterocycles. The number of unbranched alkanes of at least 4 members (excludes halogenated alkanes) is 52. The van der Waals surface area contributed by atoms with Crippen LogP contribution in [-0.2, 0) is 28.6 Å². The van der Waals surface area contributed by atoms with Gasteiger partial charge in [-0.1, -0.05) is 348 Å². The maximum Gasteiger partial charge on any atom is 0.306 e. The lowest BCUT2D eigenvalue weighted by molar-refractivity contribution is -0.167. The van der Waals surface area contributed by atoms with Crippen LogP contribution in [0.15, 0.2) is 12.2 Å². The van der Waals surface area contributed by atoms with E-state index in [9.17, 15) is 14.4 Å². The summed E-state index contributed by atoms with van der Waals surface area (Å²) < 4.78 is 16.9. The van der Waals surface area contributed by atoms with E-state index in [-0.39, 0.29) is 31.1 Å². The van der Waals surface area contributed by atoms with E-state index in [4.69, 9.17) is 14.2 Å². The third-order valence-corrected chi connectivity index (χ3v) is 16.0. The Hall–Kier alpha value is -1.85. The highest BCUT2D eigenvalue weighted by atomic mass is 16.6. The molecule has 0 heterocycles. The molecule has 76 heavy (non-hydrogen) atoms. The normalized spacial score (nSPS) is 12.0. The van der Waals surface area contributed by atoms with Crippen LogP contribution in [0.3, 0.4) is 0 Å². The predicted molar refractivity (Wildman–Crippen MR) is 330 cm³/mol. The summed E-state index contributed by atoms with van der Waals surface area (Å²) in [6, 6.07) is 0. The SMILES string of the molecule is CCCCCCCC/C=C\CCCCCCCCCCCC(=O)OC(COC(=O)CCCCCCCCCCCC)COC(=O)CCCCCCCCCCCCCCCCCCCCCCCCCCCCCCC. The molecule has 0 aliphatic rings. The Morgan fingerprint density at radius 2 is 0.434 bits per heavy atom. The van der Waals surface area contributed by atoms with Gasteiger partial charge in [0.15, 0.2) is 6.10 Å². The highest BCUT2D eigenvalue weighted by Crippen LogP contribution is 2.19. The van der Waals surface area contributed by atoms with E-state index in [2.05, 4.69) is 32.9 Å². The number of allylic oxidation sites excluding steroid dienone is 2. The quantitative estimate of drug-likeness (QED) is 0.0261. The fourth-order valence-corrected chi connectivity index (χ4v) is 10.8. The third kappa shape index (κ3) is 63.0. The van der Waals surface area contributed by atoms with Gasteiger partial charge in [0.05, 0.1) is 0 Å². The third-order valence-electron chi connectivity index (χ3n) is 16.0. The van der Waals surface area contributed by atoms with Crippen molar-refractivity contribution in [2.75, 3.05) is 13.2 Å². The molecule has 0 rings (SSSR count). The highest BCUT2D eigenvalue weighted by molar-refractivity contribution is 5.71. The van der Waals surface area contributed by atoms with Crippen LogP contribution in [0.25, 0.3) is 0 Å². The van der Waals surface area contributed by atoms with Crippen molar-refractivity contribution in [3.05, 3.63) is 12.2 Å². The van der Waals surface area contributed by atoms with Gasteiger partial charge < -0.3 is 14.2 Å². The van der Waals surface area contributed by atoms with E-state index < -0.39 is 6.10 Å². The topological polar surface area (TPSA) is 78.9 Å². The molecule has 0 aromatic heterocycles. The van der Waals surface area contributed by atoms with Crippen LogP contribution in [0.4, 0.5) is 0 Å². The summed E-state index contributed by atoms with van der Waals surface area (Å²) in [4.78, 5) is 38.3. The number of hydrogen-bond acceptors (Lipinski definition) is 6. The molecule has 0 aliphatic heterocycles. The van der Waals surface area contributed by atoms with Crippen LogP contribution in [0, 0.1) is 0 Å². The number of esters is 3. The summed E-state index contributed by atoms with van der Waals surface area (Å²) in [6.45, 7) is 6.70. The van der Waals surface area contributed by atoms with Crippen molar-refractivity contribution in [3.8, 4) is 0 Å². The van der Waals surface area contributed by atoms with Gasteiger partial charge in [0.1, 0.15) is 13.2 Å². The first kappa shape index (κ1) is 74.2. The van der Waals surface area contributed by atoms with Gasteiger partial charge in [0, 0.05) is 19.3 Å². The average Bonchev–Trinajstić information content (AvgIpc) is 3.42. The molecule has 0 saturated carbocycles. The number of ether oxygens (including phenoxy) is 3. The van der Waals surface area contributed by atoms with Crippen LogP contribution in [0.5, 0.6) is 0 Å². The molecule has 0 amide bonds.